The second kappa shape index (κ2) is 4.99. The molecule has 0 unspecified atom stereocenters. The van der Waals surface area contributed by atoms with E-state index in [1.807, 2.05) is 0 Å². The fourth-order valence-corrected chi connectivity index (χ4v) is 2.20. The van der Waals surface area contributed by atoms with Crippen LogP contribution < -0.4 is 0 Å². The minimum absolute atomic E-state index is 0.188. The number of alkyl halides is 6. The van der Waals surface area contributed by atoms with E-state index in [0.717, 1.165) is 0 Å². The van der Waals surface area contributed by atoms with Crippen molar-refractivity contribution in [3.8, 4) is 0 Å². The molecule has 1 heterocycles. The normalized spacial score (nSPS) is 12.2. The first-order valence-electron chi connectivity index (χ1n) is 3.88. The Kier molecular flexibility index (Phi) is 4.33. The van der Waals surface area contributed by atoms with E-state index in [2.05, 4.69) is 4.98 Å². The van der Waals surface area contributed by atoms with Crippen molar-refractivity contribution in [2.24, 2.45) is 0 Å². The SMILES string of the molecule is FC(F)c1cc(C(F)(F)F)c(I)c(CCl)n1. The molecule has 0 bridgehead atoms. The average molecular weight is 371 g/mol. The summed E-state index contributed by atoms with van der Waals surface area (Å²) in [5.41, 5.74) is -2.23. The van der Waals surface area contributed by atoms with Crippen LogP contribution in [0.4, 0.5) is 22.0 Å². The molecule has 16 heavy (non-hydrogen) atoms. The maximum Gasteiger partial charge on any atom is 0.417 e. The second-order valence-electron chi connectivity index (χ2n) is 2.79. The molecule has 0 saturated carbocycles. The first-order valence-corrected chi connectivity index (χ1v) is 5.49. The van der Waals surface area contributed by atoms with E-state index >= 15 is 0 Å². The summed E-state index contributed by atoms with van der Waals surface area (Å²) in [6.45, 7) is 0. The molecular formula is C8H4ClF5IN. The lowest BCUT2D eigenvalue weighted by Crippen LogP contribution is -2.12. The van der Waals surface area contributed by atoms with Crippen molar-refractivity contribution in [1.82, 2.24) is 4.98 Å². The zero-order valence-corrected chi connectivity index (χ0v) is 10.4. The Hall–Kier alpha value is -0.180. The van der Waals surface area contributed by atoms with Crippen LogP contribution in [0, 0.1) is 3.57 Å². The highest BCUT2D eigenvalue weighted by molar-refractivity contribution is 14.1. The van der Waals surface area contributed by atoms with Gasteiger partial charge < -0.3 is 0 Å². The first kappa shape index (κ1) is 13.9. The van der Waals surface area contributed by atoms with Crippen molar-refractivity contribution < 1.29 is 22.0 Å². The molecule has 0 fully saturated rings. The molecule has 0 aliphatic carbocycles. The number of hydrogen-bond donors (Lipinski definition) is 0. The highest BCUT2D eigenvalue weighted by atomic mass is 127. The van der Waals surface area contributed by atoms with Crippen molar-refractivity contribution >= 4 is 34.2 Å². The minimum Gasteiger partial charge on any atom is -0.249 e. The van der Waals surface area contributed by atoms with Gasteiger partial charge in [0.15, 0.2) is 0 Å². The largest absolute Gasteiger partial charge is 0.417 e. The molecule has 8 heteroatoms. The maximum absolute atomic E-state index is 12.5. The third-order valence-corrected chi connectivity index (χ3v) is 3.16. The van der Waals surface area contributed by atoms with E-state index in [1.54, 1.807) is 0 Å². The topological polar surface area (TPSA) is 12.9 Å². The van der Waals surface area contributed by atoms with Crippen LogP contribution in [-0.2, 0) is 12.1 Å². The van der Waals surface area contributed by atoms with Gasteiger partial charge in [-0.2, -0.15) is 13.2 Å². The van der Waals surface area contributed by atoms with Crippen LogP contribution in [0.5, 0.6) is 0 Å². The number of hydrogen-bond acceptors (Lipinski definition) is 1. The monoisotopic (exact) mass is 371 g/mol. The lowest BCUT2D eigenvalue weighted by Gasteiger charge is -2.13. The summed E-state index contributed by atoms with van der Waals surface area (Å²) < 4.78 is 61.8. The molecule has 0 spiro atoms. The Labute approximate surface area is 106 Å². The van der Waals surface area contributed by atoms with Crippen molar-refractivity contribution in [3.05, 3.63) is 26.6 Å². The molecule has 0 saturated heterocycles. The summed E-state index contributed by atoms with van der Waals surface area (Å²) in [7, 11) is 0. The number of halogens is 7. The van der Waals surface area contributed by atoms with Gasteiger partial charge >= 0.3 is 6.18 Å². The molecule has 1 aromatic heterocycles. The molecule has 1 nitrogen and oxygen atoms in total. The van der Waals surface area contributed by atoms with Crippen LogP contribution >= 0.6 is 34.2 Å². The molecule has 1 aromatic rings. The molecule has 0 aliphatic rings. The third-order valence-electron chi connectivity index (χ3n) is 1.70. The van der Waals surface area contributed by atoms with Crippen molar-refractivity contribution in [2.45, 2.75) is 18.5 Å². The molecule has 0 N–H and O–H groups in total. The van der Waals surface area contributed by atoms with Gasteiger partial charge in [-0.05, 0) is 28.7 Å². The summed E-state index contributed by atoms with van der Waals surface area (Å²) >= 11 is 6.75. The summed E-state index contributed by atoms with van der Waals surface area (Å²) in [5.74, 6) is -0.345. The smallest absolute Gasteiger partial charge is 0.249 e. The summed E-state index contributed by atoms with van der Waals surface area (Å²) in [6, 6.07) is 0.350. The Morgan fingerprint density at radius 1 is 1.38 bits per heavy atom. The standard InChI is InChI=1S/C8H4ClF5IN/c9-2-5-6(15)3(8(12,13)14)1-4(16-5)7(10)11/h1,7H,2H2. The van der Waals surface area contributed by atoms with Crippen molar-refractivity contribution in [3.63, 3.8) is 0 Å². The van der Waals surface area contributed by atoms with Gasteiger partial charge in [-0.25, -0.2) is 13.8 Å². The number of aromatic nitrogens is 1. The first-order chi connectivity index (χ1) is 7.27. The molecule has 0 aliphatic heterocycles. The summed E-state index contributed by atoms with van der Waals surface area (Å²) in [4.78, 5) is 3.38. The molecular weight excluding hydrogens is 367 g/mol. The predicted molar refractivity (Wildman–Crippen MR) is 56.5 cm³/mol. The highest BCUT2D eigenvalue weighted by Crippen LogP contribution is 2.36. The molecule has 0 atom stereocenters. The fourth-order valence-electron chi connectivity index (χ4n) is 1.01. The molecule has 0 amide bonds. The Morgan fingerprint density at radius 3 is 2.31 bits per heavy atom. The van der Waals surface area contributed by atoms with Crippen LogP contribution in [0.2, 0.25) is 0 Å². The second-order valence-corrected chi connectivity index (χ2v) is 4.13. The van der Waals surface area contributed by atoms with E-state index in [4.69, 9.17) is 11.6 Å². The zero-order chi connectivity index (χ0) is 12.5. The highest BCUT2D eigenvalue weighted by Gasteiger charge is 2.35. The van der Waals surface area contributed by atoms with Crippen LogP contribution in [-0.4, -0.2) is 4.98 Å². The number of pyridine rings is 1. The van der Waals surface area contributed by atoms with Crippen molar-refractivity contribution in [1.29, 1.82) is 0 Å². The zero-order valence-electron chi connectivity index (χ0n) is 7.45. The van der Waals surface area contributed by atoms with E-state index in [0.29, 0.717) is 6.07 Å². The lowest BCUT2D eigenvalue weighted by atomic mass is 10.2. The number of nitrogens with zero attached hydrogens (tertiary/aromatic N) is 1. The third kappa shape index (κ3) is 2.93. The van der Waals surface area contributed by atoms with Gasteiger partial charge in [0.25, 0.3) is 6.43 Å². The van der Waals surface area contributed by atoms with Crippen LogP contribution in [0.1, 0.15) is 23.4 Å². The number of rotatable bonds is 2. The van der Waals surface area contributed by atoms with Crippen LogP contribution in [0.15, 0.2) is 6.07 Å². The van der Waals surface area contributed by atoms with E-state index in [-0.39, 0.29) is 15.1 Å². The van der Waals surface area contributed by atoms with Crippen LogP contribution in [0.3, 0.4) is 0 Å². The molecule has 0 radical (unpaired) electrons. The van der Waals surface area contributed by atoms with E-state index in [1.165, 1.54) is 22.6 Å². The maximum atomic E-state index is 12.5. The van der Waals surface area contributed by atoms with Gasteiger partial charge in [0.1, 0.15) is 5.69 Å². The summed E-state index contributed by atoms with van der Waals surface area (Å²) in [5, 5.41) is 0. The van der Waals surface area contributed by atoms with E-state index < -0.39 is 23.9 Å². The molecule has 1 rings (SSSR count). The quantitative estimate of drug-likeness (QED) is 0.427. The van der Waals surface area contributed by atoms with Gasteiger partial charge in [0.2, 0.25) is 0 Å². The summed E-state index contributed by atoms with van der Waals surface area (Å²) in [6.07, 6.45) is -7.75. The Bertz CT molecular complexity index is 393. The van der Waals surface area contributed by atoms with E-state index in [9.17, 15) is 22.0 Å². The Balaban J connectivity index is 3.42. The molecule has 0 aromatic carbocycles. The van der Waals surface area contributed by atoms with Gasteiger partial charge in [0, 0.05) is 3.57 Å². The van der Waals surface area contributed by atoms with Gasteiger partial charge in [0.05, 0.1) is 17.1 Å². The Morgan fingerprint density at radius 2 is 1.94 bits per heavy atom. The van der Waals surface area contributed by atoms with Gasteiger partial charge in [-0.15, -0.1) is 11.6 Å². The molecule has 90 valence electrons. The van der Waals surface area contributed by atoms with Crippen molar-refractivity contribution in [2.75, 3.05) is 0 Å². The minimum atomic E-state index is -4.69. The van der Waals surface area contributed by atoms with Gasteiger partial charge in [-0.3, -0.25) is 0 Å². The average Bonchev–Trinajstić information content (AvgIpc) is 2.15. The van der Waals surface area contributed by atoms with Crippen LogP contribution in [0.25, 0.3) is 0 Å². The predicted octanol–water partition coefficient (Wildman–Crippen LogP) is 4.38. The lowest BCUT2D eigenvalue weighted by molar-refractivity contribution is -0.138. The van der Waals surface area contributed by atoms with Gasteiger partial charge in [-0.1, -0.05) is 0 Å². The fraction of sp³-hybridized carbons (Fsp3) is 0.375.